The van der Waals surface area contributed by atoms with E-state index in [9.17, 15) is 4.79 Å². The number of ether oxygens (including phenoxy) is 2. The molecule has 1 amide bonds. The van der Waals surface area contributed by atoms with Crippen molar-refractivity contribution in [3.8, 4) is 11.5 Å². The number of hydrogen-bond acceptors (Lipinski definition) is 7. The summed E-state index contributed by atoms with van der Waals surface area (Å²) in [5, 5.41) is 7.75. The smallest absolute Gasteiger partial charge is 0.225 e. The molecule has 1 aliphatic carbocycles. The molecule has 2 N–H and O–H groups in total. The summed E-state index contributed by atoms with van der Waals surface area (Å²) in [6.45, 7) is 0. The third-order valence-electron chi connectivity index (χ3n) is 6.34. The zero-order valence-corrected chi connectivity index (χ0v) is 22.2. The normalized spacial score (nSPS) is 17.6. The highest BCUT2D eigenvalue weighted by Gasteiger charge is 2.24. The van der Waals surface area contributed by atoms with Gasteiger partial charge in [-0.1, -0.05) is 28.1 Å². The molecule has 8 nitrogen and oxygen atoms in total. The lowest BCUT2D eigenvalue weighted by molar-refractivity contribution is -0.121. The van der Waals surface area contributed by atoms with Crippen LogP contribution in [0.3, 0.4) is 0 Å². The fraction of sp³-hybridized carbons (Fsp3) is 0.423. The van der Waals surface area contributed by atoms with E-state index in [-0.39, 0.29) is 24.4 Å². The molecule has 0 radical (unpaired) electrons. The number of aromatic nitrogens is 2. The highest BCUT2D eigenvalue weighted by molar-refractivity contribution is 9.10. The number of carbonyl (C=O) groups is 1. The number of para-hydroxylation sites is 1. The van der Waals surface area contributed by atoms with Crippen LogP contribution in [0.15, 0.2) is 40.9 Å². The summed E-state index contributed by atoms with van der Waals surface area (Å²) in [6, 6.07) is 12.2. The molecule has 0 bridgehead atoms. The molecule has 4 rings (SSSR count). The first-order valence-corrected chi connectivity index (χ1v) is 12.6. The van der Waals surface area contributed by atoms with Crippen molar-refractivity contribution in [2.45, 2.75) is 44.2 Å². The topological polar surface area (TPSA) is 88.6 Å². The van der Waals surface area contributed by atoms with E-state index < -0.39 is 0 Å². The summed E-state index contributed by atoms with van der Waals surface area (Å²) in [4.78, 5) is 24.2. The Morgan fingerprint density at radius 1 is 1.03 bits per heavy atom. The van der Waals surface area contributed by atoms with Crippen molar-refractivity contribution >= 4 is 44.5 Å². The Hall–Kier alpha value is -3.07. The van der Waals surface area contributed by atoms with Gasteiger partial charge in [0.2, 0.25) is 11.9 Å². The zero-order valence-electron chi connectivity index (χ0n) is 20.6. The standard InChI is InChI=1S/C26H32BrN5O3/c1-32(2)25-19-7-5-6-8-21(19)30-26(31-25)29-18-11-9-17(10-12-18)28-24(33)14-16-13-22(34-3)23(35-4)15-20(16)27/h5-8,13,15,17-18H,9-12,14H2,1-4H3,(H,28,33)(H,29,30,31). The molecule has 3 aromatic rings. The van der Waals surface area contributed by atoms with Gasteiger partial charge in [0, 0.05) is 36.0 Å². The maximum atomic E-state index is 12.7. The van der Waals surface area contributed by atoms with Gasteiger partial charge in [-0.2, -0.15) is 4.98 Å². The quantitative estimate of drug-likeness (QED) is 0.432. The minimum absolute atomic E-state index is 0.00261. The molecule has 9 heteroatoms. The predicted octanol–water partition coefficient (Wildman–Crippen LogP) is 4.56. The molecule has 1 aromatic heterocycles. The summed E-state index contributed by atoms with van der Waals surface area (Å²) in [5.41, 5.74) is 1.79. The molecule has 186 valence electrons. The van der Waals surface area contributed by atoms with Crippen molar-refractivity contribution < 1.29 is 14.3 Å². The number of nitrogens with zero attached hydrogens (tertiary/aromatic N) is 3. The van der Waals surface area contributed by atoms with E-state index in [4.69, 9.17) is 19.4 Å². The number of anilines is 2. The molecule has 2 aromatic carbocycles. The molecule has 0 spiro atoms. The van der Waals surface area contributed by atoms with E-state index in [0.29, 0.717) is 17.4 Å². The number of halogens is 1. The molecule has 0 unspecified atom stereocenters. The lowest BCUT2D eigenvalue weighted by Gasteiger charge is -2.30. The SMILES string of the molecule is COc1cc(Br)c(CC(=O)NC2CCC(Nc3nc(N(C)C)c4ccccc4n3)CC2)cc1OC. The Labute approximate surface area is 214 Å². The summed E-state index contributed by atoms with van der Waals surface area (Å²) in [5.74, 6) is 2.79. The molecule has 0 aliphatic heterocycles. The van der Waals surface area contributed by atoms with Crippen molar-refractivity contribution in [1.29, 1.82) is 0 Å². The second-order valence-corrected chi connectivity index (χ2v) is 9.87. The number of carbonyl (C=O) groups excluding carboxylic acids is 1. The Morgan fingerprint density at radius 2 is 1.69 bits per heavy atom. The summed E-state index contributed by atoms with van der Waals surface area (Å²) in [6.07, 6.45) is 3.98. The first-order valence-electron chi connectivity index (χ1n) is 11.8. The fourth-order valence-corrected chi connectivity index (χ4v) is 4.98. The van der Waals surface area contributed by atoms with Gasteiger partial charge in [-0.15, -0.1) is 0 Å². The minimum Gasteiger partial charge on any atom is -0.493 e. The van der Waals surface area contributed by atoms with Gasteiger partial charge < -0.3 is 25.0 Å². The predicted molar refractivity (Wildman–Crippen MR) is 143 cm³/mol. The van der Waals surface area contributed by atoms with E-state index in [1.165, 1.54) is 0 Å². The fourth-order valence-electron chi connectivity index (χ4n) is 4.51. The number of hydrogen-bond donors (Lipinski definition) is 2. The monoisotopic (exact) mass is 541 g/mol. The van der Waals surface area contributed by atoms with Gasteiger partial charge in [0.05, 0.1) is 26.2 Å². The van der Waals surface area contributed by atoms with Crippen LogP contribution in [-0.2, 0) is 11.2 Å². The van der Waals surface area contributed by atoms with Crippen molar-refractivity contribution in [2.75, 3.05) is 38.5 Å². The highest BCUT2D eigenvalue weighted by atomic mass is 79.9. The molecule has 1 fully saturated rings. The first kappa shape index (κ1) is 25.0. The number of benzene rings is 2. The zero-order chi connectivity index (χ0) is 24.9. The maximum absolute atomic E-state index is 12.7. The van der Waals surface area contributed by atoms with Gasteiger partial charge in [0.25, 0.3) is 0 Å². The minimum atomic E-state index is 0.00261. The van der Waals surface area contributed by atoms with Crippen LogP contribution in [0.5, 0.6) is 11.5 Å². The Kier molecular flexibility index (Phi) is 7.95. The average Bonchev–Trinajstić information content (AvgIpc) is 2.85. The van der Waals surface area contributed by atoms with E-state index in [1.807, 2.05) is 55.4 Å². The summed E-state index contributed by atoms with van der Waals surface area (Å²) >= 11 is 3.53. The maximum Gasteiger partial charge on any atom is 0.225 e. The third kappa shape index (κ3) is 5.96. The largest absolute Gasteiger partial charge is 0.493 e. The van der Waals surface area contributed by atoms with E-state index in [2.05, 4.69) is 26.6 Å². The van der Waals surface area contributed by atoms with Crippen LogP contribution in [0.4, 0.5) is 11.8 Å². The Bertz CT molecular complexity index is 1200. The summed E-state index contributed by atoms with van der Waals surface area (Å²) < 4.78 is 11.5. The van der Waals surface area contributed by atoms with Crippen LogP contribution in [-0.4, -0.2) is 56.3 Å². The Morgan fingerprint density at radius 3 is 2.37 bits per heavy atom. The van der Waals surface area contributed by atoms with Crippen LogP contribution in [0.2, 0.25) is 0 Å². The van der Waals surface area contributed by atoms with Gasteiger partial charge in [-0.05, 0) is 55.5 Å². The molecule has 0 saturated heterocycles. The van der Waals surface area contributed by atoms with E-state index in [1.54, 1.807) is 14.2 Å². The third-order valence-corrected chi connectivity index (χ3v) is 7.07. The second-order valence-electron chi connectivity index (χ2n) is 9.02. The number of nitrogens with one attached hydrogen (secondary N) is 2. The van der Waals surface area contributed by atoms with E-state index >= 15 is 0 Å². The van der Waals surface area contributed by atoms with Crippen molar-refractivity contribution in [1.82, 2.24) is 15.3 Å². The molecular formula is C26H32BrN5O3. The highest BCUT2D eigenvalue weighted by Crippen LogP contribution is 2.33. The Balaban J connectivity index is 1.33. The van der Waals surface area contributed by atoms with Crippen LogP contribution < -0.4 is 25.0 Å². The van der Waals surface area contributed by atoms with Gasteiger partial charge in [0.1, 0.15) is 5.82 Å². The van der Waals surface area contributed by atoms with Gasteiger partial charge in [0.15, 0.2) is 11.5 Å². The number of amides is 1. The first-order chi connectivity index (χ1) is 16.9. The van der Waals surface area contributed by atoms with Gasteiger partial charge in [-0.25, -0.2) is 4.98 Å². The van der Waals surface area contributed by atoms with Crippen LogP contribution in [0.1, 0.15) is 31.2 Å². The number of fused-ring (bicyclic) bond motifs is 1. The van der Waals surface area contributed by atoms with Crippen molar-refractivity contribution in [3.05, 3.63) is 46.4 Å². The van der Waals surface area contributed by atoms with Crippen LogP contribution >= 0.6 is 15.9 Å². The van der Waals surface area contributed by atoms with Crippen LogP contribution in [0, 0.1) is 0 Å². The number of methoxy groups -OCH3 is 2. The average molecular weight is 542 g/mol. The molecule has 35 heavy (non-hydrogen) atoms. The van der Waals surface area contributed by atoms with Crippen molar-refractivity contribution in [3.63, 3.8) is 0 Å². The molecule has 1 saturated carbocycles. The lowest BCUT2D eigenvalue weighted by Crippen LogP contribution is -2.41. The van der Waals surface area contributed by atoms with Gasteiger partial charge >= 0.3 is 0 Å². The second kappa shape index (κ2) is 11.1. The number of rotatable bonds is 8. The van der Waals surface area contributed by atoms with Crippen molar-refractivity contribution in [2.24, 2.45) is 0 Å². The van der Waals surface area contributed by atoms with Gasteiger partial charge in [-0.3, -0.25) is 4.79 Å². The summed E-state index contributed by atoms with van der Waals surface area (Å²) in [7, 11) is 7.17. The molecule has 0 atom stereocenters. The van der Waals surface area contributed by atoms with Crippen LogP contribution in [0.25, 0.3) is 10.9 Å². The van der Waals surface area contributed by atoms with E-state index in [0.717, 1.165) is 52.4 Å². The lowest BCUT2D eigenvalue weighted by atomic mass is 9.91. The molecular weight excluding hydrogens is 510 g/mol. The molecule has 1 aliphatic rings. The molecule has 1 heterocycles.